The molecule has 2 aliphatic rings. The van der Waals surface area contributed by atoms with Gasteiger partial charge in [-0.15, -0.1) is 45.2 Å². The standard InChI is InChI=1S/2C27H25F2N5O.2ClH/c2*1-17-16-34(27(35)30-22-13-11-21(29)12-14-22)18(2)15-33(17)26-24-6-4-3-5-23(24)25(31-32-26)19-7-9-20(28)10-8-19;;/h2*3-14,17-18H,15-16H2,1-2H3,(H,30,35);2*1H/t2*17-,18+;;/m10../s1. The van der Waals surface area contributed by atoms with Crippen molar-refractivity contribution in [2.45, 2.75) is 51.9 Å². The van der Waals surface area contributed by atoms with Crippen LogP contribution >= 0.6 is 24.8 Å². The highest BCUT2D eigenvalue weighted by Gasteiger charge is 2.35. The van der Waals surface area contributed by atoms with E-state index in [1.54, 1.807) is 58.3 Å². The van der Waals surface area contributed by atoms with Crippen molar-refractivity contribution in [2.75, 3.05) is 46.6 Å². The van der Waals surface area contributed by atoms with Crippen molar-refractivity contribution in [2.24, 2.45) is 0 Å². The zero-order valence-electron chi connectivity index (χ0n) is 39.7. The van der Waals surface area contributed by atoms with Crippen molar-refractivity contribution in [1.82, 2.24) is 30.2 Å². The van der Waals surface area contributed by atoms with E-state index in [0.29, 0.717) is 48.9 Å². The van der Waals surface area contributed by atoms with Crippen molar-refractivity contribution in [1.29, 1.82) is 0 Å². The number of halogens is 6. The number of fused-ring (bicyclic) bond motifs is 2. The van der Waals surface area contributed by atoms with Crippen LogP contribution in [0.4, 0.5) is 50.2 Å². The lowest BCUT2D eigenvalue weighted by Gasteiger charge is -2.44. The molecule has 4 heterocycles. The Morgan fingerprint density at radius 3 is 1.06 bits per heavy atom. The molecule has 4 amide bonds. The molecule has 4 atom stereocenters. The summed E-state index contributed by atoms with van der Waals surface area (Å²) >= 11 is 0. The lowest BCUT2D eigenvalue weighted by atomic mass is 10.0. The number of urea groups is 2. The monoisotopic (exact) mass is 1020 g/mol. The number of hydrogen-bond acceptors (Lipinski definition) is 8. The van der Waals surface area contributed by atoms with Gasteiger partial charge >= 0.3 is 12.1 Å². The van der Waals surface area contributed by atoms with Gasteiger partial charge in [0, 0.05) is 94.4 Å². The van der Waals surface area contributed by atoms with Gasteiger partial charge in [0.25, 0.3) is 0 Å². The zero-order valence-corrected chi connectivity index (χ0v) is 41.3. The maximum absolute atomic E-state index is 13.4. The molecule has 372 valence electrons. The van der Waals surface area contributed by atoms with Crippen LogP contribution < -0.4 is 20.4 Å². The molecule has 72 heavy (non-hydrogen) atoms. The molecule has 2 N–H and O–H groups in total. The number of aromatic nitrogens is 4. The molecule has 2 saturated heterocycles. The molecule has 2 aromatic heterocycles. The molecule has 0 spiro atoms. The summed E-state index contributed by atoms with van der Waals surface area (Å²) in [6.07, 6.45) is 0. The van der Waals surface area contributed by atoms with Crippen LogP contribution in [0, 0.1) is 23.3 Å². The Bertz CT molecular complexity index is 2950. The van der Waals surface area contributed by atoms with E-state index in [1.165, 1.54) is 48.5 Å². The normalized spacial score (nSPS) is 17.6. The van der Waals surface area contributed by atoms with Gasteiger partial charge in [0.05, 0.1) is 0 Å². The van der Waals surface area contributed by atoms with E-state index >= 15 is 0 Å². The Morgan fingerprint density at radius 1 is 0.417 bits per heavy atom. The van der Waals surface area contributed by atoms with E-state index < -0.39 is 0 Å². The van der Waals surface area contributed by atoms with Gasteiger partial charge in [-0.25, -0.2) is 27.2 Å². The van der Waals surface area contributed by atoms with Gasteiger partial charge in [0.1, 0.15) is 34.7 Å². The number of carbonyl (C=O) groups excluding carboxylic acids is 2. The second kappa shape index (κ2) is 22.7. The number of benzene rings is 6. The van der Waals surface area contributed by atoms with E-state index in [4.69, 9.17) is 0 Å². The quantitative estimate of drug-likeness (QED) is 0.158. The fourth-order valence-electron chi connectivity index (χ4n) is 9.11. The highest BCUT2D eigenvalue weighted by atomic mass is 35.5. The zero-order chi connectivity index (χ0) is 49.1. The molecular formula is C54H52Cl2F4N10O2. The second-order valence-corrected chi connectivity index (χ2v) is 17.7. The largest absolute Gasteiger partial charge is 0.348 e. The van der Waals surface area contributed by atoms with Crippen molar-refractivity contribution >= 4 is 81.4 Å². The van der Waals surface area contributed by atoms with Gasteiger partial charge in [-0.2, -0.15) is 0 Å². The molecule has 0 bridgehead atoms. The van der Waals surface area contributed by atoms with E-state index in [0.717, 1.165) is 44.3 Å². The maximum atomic E-state index is 13.4. The Kier molecular flexibility index (Phi) is 16.5. The lowest BCUT2D eigenvalue weighted by molar-refractivity contribution is 0.172. The fraction of sp³-hybridized carbons (Fsp3) is 0.222. The average Bonchev–Trinajstić information content (AvgIpc) is 3.36. The first-order valence-corrected chi connectivity index (χ1v) is 23.0. The number of nitrogens with one attached hydrogen (secondary N) is 2. The Hall–Kier alpha value is -7.56. The van der Waals surface area contributed by atoms with Crippen LogP contribution in [0.2, 0.25) is 0 Å². The highest BCUT2D eigenvalue weighted by Crippen LogP contribution is 2.36. The molecule has 8 aromatic rings. The number of anilines is 4. The molecular weight excluding hydrogens is 968 g/mol. The number of amides is 4. The van der Waals surface area contributed by atoms with Gasteiger partial charge in [-0.05, 0) is 125 Å². The van der Waals surface area contributed by atoms with Crippen LogP contribution in [0.5, 0.6) is 0 Å². The van der Waals surface area contributed by atoms with E-state index in [9.17, 15) is 27.2 Å². The summed E-state index contributed by atoms with van der Waals surface area (Å²) in [6.45, 7) is 10.2. The lowest BCUT2D eigenvalue weighted by Crippen LogP contribution is -2.59. The predicted octanol–water partition coefficient (Wildman–Crippen LogP) is 12.3. The second-order valence-electron chi connectivity index (χ2n) is 17.7. The first-order chi connectivity index (χ1) is 33.8. The van der Waals surface area contributed by atoms with Gasteiger partial charge in [0.2, 0.25) is 0 Å². The average molecular weight is 1020 g/mol. The molecule has 2 fully saturated rings. The van der Waals surface area contributed by atoms with E-state index in [1.807, 2.05) is 76.2 Å². The molecule has 0 unspecified atom stereocenters. The van der Waals surface area contributed by atoms with E-state index in [-0.39, 0.29) is 84.3 Å². The summed E-state index contributed by atoms with van der Waals surface area (Å²) in [4.78, 5) is 33.8. The van der Waals surface area contributed by atoms with Crippen molar-refractivity contribution in [3.63, 3.8) is 0 Å². The van der Waals surface area contributed by atoms with Crippen LogP contribution in [-0.2, 0) is 0 Å². The summed E-state index contributed by atoms with van der Waals surface area (Å²) in [5.41, 5.74) is 4.08. The van der Waals surface area contributed by atoms with Crippen LogP contribution in [-0.4, -0.2) is 92.6 Å². The maximum Gasteiger partial charge on any atom is 0.322 e. The Labute approximate surface area is 426 Å². The van der Waals surface area contributed by atoms with E-state index in [2.05, 4.69) is 40.8 Å². The minimum atomic E-state index is -0.350. The number of piperazine rings is 2. The summed E-state index contributed by atoms with van der Waals surface area (Å²) in [6, 6.07) is 39.1. The third kappa shape index (κ3) is 11.3. The third-order valence-electron chi connectivity index (χ3n) is 12.8. The van der Waals surface area contributed by atoms with Crippen LogP contribution in [0.25, 0.3) is 44.1 Å². The fourth-order valence-corrected chi connectivity index (χ4v) is 9.11. The SMILES string of the molecule is C[C@@H]1CN(C(=O)Nc2ccc(F)cc2)[C@@H](C)CN1c1nnc(-c2ccc(F)cc2)c2ccccc12.C[C@@H]1CN(c2nnc(-c3ccc(F)cc3)c3ccccc23)[C@@H](C)CN1C(=O)Nc1ccc(F)cc1.Cl.Cl. The molecule has 18 heteroatoms. The third-order valence-corrected chi connectivity index (χ3v) is 12.8. The summed E-state index contributed by atoms with van der Waals surface area (Å²) in [7, 11) is 0. The smallest absolute Gasteiger partial charge is 0.322 e. The predicted molar refractivity (Wildman–Crippen MR) is 281 cm³/mol. The molecule has 12 nitrogen and oxygen atoms in total. The van der Waals surface area contributed by atoms with Crippen molar-refractivity contribution in [3.8, 4) is 22.5 Å². The van der Waals surface area contributed by atoms with Crippen molar-refractivity contribution < 1.29 is 27.2 Å². The molecule has 0 saturated carbocycles. The highest BCUT2D eigenvalue weighted by molar-refractivity contribution is 6.02. The first kappa shape index (κ1) is 52.3. The van der Waals surface area contributed by atoms with Gasteiger partial charge in [0.15, 0.2) is 11.6 Å². The molecule has 0 aliphatic carbocycles. The minimum Gasteiger partial charge on any atom is -0.348 e. The Balaban J connectivity index is 0.000000206. The minimum absolute atomic E-state index is 0. The number of rotatable bonds is 6. The molecule has 6 aromatic carbocycles. The molecule has 2 aliphatic heterocycles. The number of carbonyl (C=O) groups is 2. The molecule has 10 rings (SSSR count). The van der Waals surface area contributed by atoms with Crippen LogP contribution in [0.15, 0.2) is 146 Å². The summed E-state index contributed by atoms with van der Waals surface area (Å²) < 4.78 is 53.3. The summed E-state index contributed by atoms with van der Waals surface area (Å²) in [5.74, 6) is 0.210. The molecule has 0 radical (unpaired) electrons. The Morgan fingerprint density at radius 2 is 0.722 bits per heavy atom. The van der Waals surface area contributed by atoms with Crippen LogP contribution in [0.1, 0.15) is 27.7 Å². The summed E-state index contributed by atoms with van der Waals surface area (Å²) in [5, 5.41) is 27.7. The van der Waals surface area contributed by atoms with Crippen LogP contribution in [0.3, 0.4) is 0 Å². The van der Waals surface area contributed by atoms with Gasteiger partial charge in [-0.3, -0.25) is 0 Å². The first-order valence-electron chi connectivity index (χ1n) is 23.0. The van der Waals surface area contributed by atoms with Gasteiger partial charge in [-0.1, -0.05) is 48.5 Å². The van der Waals surface area contributed by atoms with Crippen molar-refractivity contribution in [3.05, 3.63) is 169 Å². The van der Waals surface area contributed by atoms with Gasteiger partial charge < -0.3 is 30.2 Å². The number of nitrogens with zero attached hydrogens (tertiary/aromatic N) is 8. The topological polar surface area (TPSA) is 123 Å². The number of hydrogen-bond donors (Lipinski definition) is 2.